The average molecular weight is 248 g/mol. The van der Waals surface area contributed by atoms with Crippen LogP contribution in [0.3, 0.4) is 0 Å². The van der Waals surface area contributed by atoms with Crippen molar-refractivity contribution in [3.63, 3.8) is 0 Å². The molecule has 1 N–H and O–H groups in total. The first-order valence-corrected chi connectivity index (χ1v) is 6.38. The molecule has 1 fully saturated rings. The molecule has 4 nitrogen and oxygen atoms in total. The lowest BCUT2D eigenvalue weighted by Gasteiger charge is -2.26. The van der Waals surface area contributed by atoms with E-state index >= 15 is 0 Å². The SMILES string of the molecule is COC(=O)c1ccc(NC2(C)CCCC2)nc1C. The summed E-state index contributed by atoms with van der Waals surface area (Å²) in [5.41, 5.74) is 1.37. The van der Waals surface area contributed by atoms with Crippen LogP contribution >= 0.6 is 0 Å². The lowest BCUT2D eigenvalue weighted by atomic mass is 10.0. The second-order valence-electron chi connectivity index (χ2n) is 5.21. The number of hydrogen-bond donors (Lipinski definition) is 1. The van der Waals surface area contributed by atoms with Gasteiger partial charge in [0.15, 0.2) is 0 Å². The van der Waals surface area contributed by atoms with E-state index in [0.717, 1.165) is 5.82 Å². The van der Waals surface area contributed by atoms with Gasteiger partial charge in [-0.1, -0.05) is 12.8 Å². The first kappa shape index (κ1) is 12.9. The van der Waals surface area contributed by atoms with Crippen LogP contribution in [-0.4, -0.2) is 23.6 Å². The second kappa shape index (κ2) is 4.96. The molecular formula is C14H20N2O2. The molecule has 1 aromatic heterocycles. The van der Waals surface area contributed by atoms with Crippen molar-refractivity contribution in [2.75, 3.05) is 12.4 Å². The van der Waals surface area contributed by atoms with E-state index in [1.807, 2.05) is 13.0 Å². The zero-order valence-corrected chi connectivity index (χ0v) is 11.2. The highest BCUT2D eigenvalue weighted by molar-refractivity contribution is 5.90. The number of hydrogen-bond acceptors (Lipinski definition) is 4. The van der Waals surface area contributed by atoms with Gasteiger partial charge in [-0.25, -0.2) is 9.78 Å². The minimum absolute atomic E-state index is 0.145. The van der Waals surface area contributed by atoms with Crippen molar-refractivity contribution in [1.29, 1.82) is 0 Å². The standard InChI is InChI=1S/C14H20N2O2/c1-10-11(13(17)18-3)6-7-12(15-10)16-14(2)8-4-5-9-14/h6-7H,4-5,8-9H2,1-3H3,(H,15,16). The smallest absolute Gasteiger partial charge is 0.339 e. The normalized spacial score (nSPS) is 17.5. The molecule has 98 valence electrons. The Morgan fingerprint density at radius 2 is 2.06 bits per heavy atom. The van der Waals surface area contributed by atoms with Crippen molar-refractivity contribution in [1.82, 2.24) is 4.98 Å². The molecule has 0 unspecified atom stereocenters. The molecule has 0 spiro atoms. The van der Waals surface area contributed by atoms with Crippen LogP contribution in [0, 0.1) is 6.92 Å². The Labute approximate surface area is 108 Å². The van der Waals surface area contributed by atoms with Crippen LogP contribution < -0.4 is 5.32 Å². The Balaban J connectivity index is 2.16. The van der Waals surface area contributed by atoms with Gasteiger partial charge in [-0.05, 0) is 38.8 Å². The molecule has 0 aromatic carbocycles. The Morgan fingerprint density at radius 1 is 1.39 bits per heavy atom. The number of carbonyl (C=O) groups excluding carboxylic acids is 1. The van der Waals surface area contributed by atoms with Crippen LogP contribution in [0.25, 0.3) is 0 Å². The maximum atomic E-state index is 11.5. The van der Waals surface area contributed by atoms with E-state index in [1.165, 1.54) is 32.8 Å². The number of ether oxygens (including phenoxy) is 1. The quantitative estimate of drug-likeness (QED) is 0.836. The van der Waals surface area contributed by atoms with E-state index in [0.29, 0.717) is 11.3 Å². The van der Waals surface area contributed by atoms with E-state index in [-0.39, 0.29) is 11.5 Å². The van der Waals surface area contributed by atoms with Gasteiger partial charge < -0.3 is 10.1 Å². The zero-order chi connectivity index (χ0) is 13.2. The molecule has 1 aliphatic carbocycles. The molecule has 4 heteroatoms. The summed E-state index contributed by atoms with van der Waals surface area (Å²) < 4.78 is 4.71. The van der Waals surface area contributed by atoms with Gasteiger partial charge in [-0.3, -0.25) is 0 Å². The van der Waals surface area contributed by atoms with E-state index in [4.69, 9.17) is 4.74 Å². The summed E-state index contributed by atoms with van der Waals surface area (Å²) in [6.45, 7) is 4.06. The maximum Gasteiger partial charge on any atom is 0.339 e. The summed E-state index contributed by atoms with van der Waals surface area (Å²) in [5.74, 6) is 0.503. The number of esters is 1. The van der Waals surface area contributed by atoms with Gasteiger partial charge in [-0.15, -0.1) is 0 Å². The van der Waals surface area contributed by atoms with Gasteiger partial charge in [0.05, 0.1) is 18.4 Å². The van der Waals surface area contributed by atoms with E-state index < -0.39 is 0 Å². The number of anilines is 1. The second-order valence-corrected chi connectivity index (χ2v) is 5.21. The summed E-state index contributed by atoms with van der Waals surface area (Å²) in [6.07, 6.45) is 4.88. The fraction of sp³-hybridized carbons (Fsp3) is 0.571. The molecule has 0 amide bonds. The molecule has 0 radical (unpaired) electrons. The van der Waals surface area contributed by atoms with Crippen molar-refractivity contribution in [3.8, 4) is 0 Å². The molecule has 1 heterocycles. The van der Waals surface area contributed by atoms with Gasteiger partial charge in [0.1, 0.15) is 5.82 Å². The van der Waals surface area contributed by atoms with Crippen LogP contribution in [0.4, 0.5) is 5.82 Å². The highest BCUT2D eigenvalue weighted by Gasteiger charge is 2.28. The molecule has 0 saturated heterocycles. The zero-order valence-electron chi connectivity index (χ0n) is 11.2. The number of nitrogens with zero attached hydrogens (tertiary/aromatic N) is 1. The predicted molar refractivity (Wildman–Crippen MR) is 70.8 cm³/mol. The average Bonchev–Trinajstić information content (AvgIpc) is 2.75. The third-order valence-electron chi connectivity index (χ3n) is 3.63. The van der Waals surface area contributed by atoms with E-state index in [1.54, 1.807) is 6.07 Å². The maximum absolute atomic E-state index is 11.5. The van der Waals surface area contributed by atoms with E-state index in [9.17, 15) is 4.79 Å². The largest absolute Gasteiger partial charge is 0.465 e. The minimum atomic E-state index is -0.335. The summed E-state index contributed by atoms with van der Waals surface area (Å²) in [7, 11) is 1.38. The predicted octanol–water partition coefficient (Wildman–Crippen LogP) is 2.92. The number of rotatable bonds is 3. The highest BCUT2D eigenvalue weighted by atomic mass is 16.5. The van der Waals surface area contributed by atoms with E-state index in [2.05, 4.69) is 17.2 Å². The van der Waals surface area contributed by atoms with Crippen LogP contribution in [-0.2, 0) is 4.74 Å². The third kappa shape index (κ3) is 2.63. The molecule has 1 aromatic rings. The van der Waals surface area contributed by atoms with Gasteiger partial charge in [-0.2, -0.15) is 0 Å². The fourth-order valence-corrected chi connectivity index (χ4v) is 2.55. The third-order valence-corrected chi connectivity index (χ3v) is 3.63. The number of carbonyl (C=O) groups is 1. The van der Waals surface area contributed by atoms with Gasteiger partial charge >= 0.3 is 5.97 Å². The topological polar surface area (TPSA) is 51.2 Å². The monoisotopic (exact) mass is 248 g/mol. The molecule has 0 atom stereocenters. The van der Waals surface area contributed by atoms with Crippen molar-refractivity contribution in [2.45, 2.75) is 45.1 Å². The Kier molecular flexibility index (Phi) is 3.55. The molecule has 0 aliphatic heterocycles. The Bertz CT molecular complexity index is 451. The number of nitrogens with one attached hydrogen (secondary N) is 1. The van der Waals surface area contributed by atoms with Crippen molar-refractivity contribution in [2.24, 2.45) is 0 Å². The Morgan fingerprint density at radius 3 is 2.61 bits per heavy atom. The Hall–Kier alpha value is -1.58. The molecule has 1 aliphatic rings. The highest BCUT2D eigenvalue weighted by Crippen LogP contribution is 2.32. The van der Waals surface area contributed by atoms with Crippen LogP contribution in [0.2, 0.25) is 0 Å². The van der Waals surface area contributed by atoms with Crippen LogP contribution in [0.5, 0.6) is 0 Å². The van der Waals surface area contributed by atoms with Crippen molar-refractivity contribution < 1.29 is 9.53 Å². The number of pyridine rings is 1. The summed E-state index contributed by atoms with van der Waals surface area (Å²) in [5, 5.41) is 3.48. The first-order valence-electron chi connectivity index (χ1n) is 6.38. The van der Waals surface area contributed by atoms with Crippen molar-refractivity contribution in [3.05, 3.63) is 23.4 Å². The minimum Gasteiger partial charge on any atom is -0.465 e. The lowest BCUT2D eigenvalue weighted by molar-refractivity contribution is 0.0599. The number of methoxy groups -OCH3 is 1. The van der Waals surface area contributed by atoms with Crippen molar-refractivity contribution >= 4 is 11.8 Å². The summed E-state index contributed by atoms with van der Waals surface area (Å²) >= 11 is 0. The van der Waals surface area contributed by atoms with Crippen LogP contribution in [0.15, 0.2) is 12.1 Å². The first-order chi connectivity index (χ1) is 8.54. The lowest BCUT2D eigenvalue weighted by Crippen LogP contribution is -2.31. The summed E-state index contributed by atoms with van der Waals surface area (Å²) in [6, 6.07) is 3.62. The molecule has 18 heavy (non-hydrogen) atoms. The molecule has 1 saturated carbocycles. The summed E-state index contributed by atoms with van der Waals surface area (Å²) in [4.78, 5) is 15.9. The number of aryl methyl sites for hydroxylation is 1. The molecular weight excluding hydrogens is 228 g/mol. The van der Waals surface area contributed by atoms with Gasteiger partial charge in [0.2, 0.25) is 0 Å². The van der Waals surface area contributed by atoms with Crippen LogP contribution in [0.1, 0.15) is 48.7 Å². The fourth-order valence-electron chi connectivity index (χ4n) is 2.55. The van der Waals surface area contributed by atoms with Gasteiger partial charge in [0, 0.05) is 5.54 Å². The molecule has 2 rings (SSSR count). The number of aromatic nitrogens is 1. The van der Waals surface area contributed by atoms with Gasteiger partial charge in [0.25, 0.3) is 0 Å². The molecule has 0 bridgehead atoms.